The number of halogens is 2. The van der Waals surface area contributed by atoms with Gasteiger partial charge in [0.2, 0.25) is 0 Å². The Hall–Kier alpha value is -1.03. The summed E-state index contributed by atoms with van der Waals surface area (Å²) in [6.07, 6.45) is 3.88. The smallest absolute Gasteiger partial charge is 0.0537 e. The molecule has 2 unspecified atom stereocenters. The van der Waals surface area contributed by atoms with Crippen LogP contribution in [-0.2, 0) is 7.05 Å². The Morgan fingerprint density at radius 2 is 1.95 bits per heavy atom. The van der Waals surface area contributed by atoms with E-state index in [-0.39, 0.29) is 12.1 Å². The molecular weight excluding hydrogens is 281 g/mol. The molecule has 0 saturated carbocycles. The van der Waals surface area contributed by atoms with Crippen molar-refractivity contribution in [2.45, 2.75) is 25.9 Å². The third-order valence-corrected chi connectivity index (χ3v) is 3.72. The van der Waals surface area contributed by atoms with Crippen LogP contribution >= 0.6 is 23.2 Å². The fourth-order valence-electron chi connectivity index (χ4n) is 2.08. The van der Waals surface area contributed by atoms with E-state index in [9.17, 15) is 0 Å². The fraction of sp³-hybridized carbons (Fsp3) is 0.357. The highest BCUT2D eigenvalue weighted by Gasteiger charge is 2.14. The minimum atomic E-state index is 0.139. The first-order valence-electron chi connectivity index (χ1n) is 6.17. The van der Waals surface area contributed by atoms with Gasteiger partial charge in [0.1, 0.15) is 0 Å². The Kier molecular flexibility index (Phi) is 4.50. The highest BCUT2D eigenvalue weighted by Crippen LogP contribution is 2.27. The van der Waals surface area contributed by atoms with Gasteiger partial charge in [0, 0.05) is 40.9 Å². The summed E-state index contributed by atoms with van der Waals surface area (Å²) >= 11 is 12.1. The molecular formula is C14H17Cl2N3. The molecule has 1 aromatic carbocycles. The third-order valence-electron chi connectivity index (χ3n) is 3.15. The largest absolute Gasteiger partial charge is 0.303 e. The lowest BCUT2D eigenvalue weighted by Gasteiger charge is -2.20. The van der Waals surface area contributed by atoms with E-state index < -0.39 is 0 Å². The lowest BCUT2D eigenvalue weighted by Crippen LogP contribution is -2.22. The standard InChI is InChI=1S/C14H17Cl2N3/c1-9(11-7-17-19(3)8-11)18-10(2)13-5-4-12(15)6-14(13)16/h4-10,18H,1-3H3. The van der Waals surface area contributed by atoms with Crippen LogP contribution in [0.15, 0.2) is 30.6 Å². The zero-order chi connectivity index (χ0) is 14.0. The van der Waals surface area contributed by atoms with Crippen molar-refractivity contribution in [2.75, 3.05) is 0 Å². The van der Waals surface area contributed by atoms with Crippen molar-refractivity contribution < 1.29 is 0 Å². The SMILES string of the molecule is CC(NC(C)c1ccc(Cl)cc1Cl)c1cnn(C)c1. The highest BCUT2D eigenvalue weighted by molar-refractivity contribution is 6.35. The Balaban J connectivity index is 2.10. The van der Waals surface area contributed by atoms with Gasteiger partial charge in [0.05, 0.1) is 6.20 Å². The van der Waals surface area contributed by atoms with Crippen LogP contribution in [0.3, 0.4) is 0 Å². The third kappa shape index (κ3) is 3.50. The molecule has 0 amide bonds. The molecule has 2 rings (SSSR count). The van der Waals surface area contributed by atoms with Crippen LogP contribution in [0.4, 0.5) is 0 Å². The van der Waals surface area contributed by atoms with Gasteiger partial charge in [-0.05, 0) is 31.5 Å². The van der Waals surface area contributed by atoms with Gasteiger partial charge in [-0.1, -0.05) is 29.3 Å². The van der Waals surface area contributed by atoms with Gasteiger partial charge in [0.25, 0.3) is 0 Å². The molecule has 2 aromatic rings. The Labute approximate surface area is 123 Å². The second-order valence-corrected chi connectivity index (χ2v) is 5.57. The van der Waals surface area contributed by atoms with Crippen LogP contribution in [0, 0.1) is 0 Å². The number of nitrogens with one attached hydrogen (secondary N) is 1. The van der Waals surface area contributed by atoms with E-state index in [1.807, 2.05) is 31.6 Å². The predicted octanol–water partition coefficient (Wildman–Crippen LogP) is 4.14. The van der Waals surface area contributed by atoms with E-state index in [1.165, 1.54) is 0 Å². The lowest BCUT2D eigenvalue weighted by molar-refractivity contribution is 0.494. The van der Waals surface area contributed by atoms with Crippen molar-refractivity contribution >= 4 is 23.2 Å². The maximum Gasteiger partial charge on any atom is 0.0537 e. The molecule has 0 bridgehead atoms. The summed E-state index contributed by atoms with van der Waals surface area (Å²) < 4.78 is 1.80. The number of aryl methyl sites for hydroxylation is 1. The predicted molar refractivity (Wildman–Crippen MR) is 79.6 cm³/mol. The summed E-state index contributed by atoms with van der Waals surface area (Å²) in [6, 6.07) is 5.93. The fourth-order valence-corrected chi connectivity index (χ4v) is 2.65. The molecule has 2 atom stereocenters. The molecule has 1 N–H and O–H groups in total. The van der Waals surface area contributed by atoms with Crippen molar-refractivity contribution in [1.82, 2.24) is 15.1 Å². The summed E-state index contributed by atoms with van der Waals surface area (Å²) in [5, 5.41) is 9.03. The van der Waals surface area contributed by atoms with Crippen LogP contribution in [-0.4, -0.2) is 9.78 Å². The zero-order valence-corrected chi connectivity index (χ0v) is 12.7. The van der Waals surface area contributed by atoms with E-state index >= 15 is 0 Å². The Morgan fingerprint density at radius 1 is 1.21 bits per heavy atom. The van der Waals surface area contributed by atoms with Crippen LogP contribution in [0.2, 0.25) is 10.0 Å². The molecule has 0 fully saturated rings. The summed E-state index contributed by atoms with van der Waals surface area (Å²) in [4.78, 5) is 0. The number of aromatic nitrogens is 2. The van der Waals surface area contributed by atoms with Crippen molar-refractivity contribution in [1.29, 1.82) is 0 Å². The molecule has 5 heteroatoms. The van der Waals surface area contributed by atoms with Crippen molar-refractivity contribution in [3.8, 4) is 0 Å². The first-order valence-corrected chi connectivity index (χ1v) is 6.92. The van der Waals surface area contributed by atoms with Gasteiger partial charge in [0.15, 0.2) is 0 Å². The number of nitrogens with zero attached hydrogens (tertiary/aromatic N) is 2. The molecule has 102 valence electrons. The highest BCUT2D eigenvalue weighted by atomic mass is 35.5. The van der Waals surface area contributed by atoms with Gasteiger partial charge in [-0.15, -0.1) is 0 Å². The summed E-state index contributed by atoms with van der Waals surface area (Å²) in [7, 11) is 1.91. The average Bonchev–Trinajstić information content (AvgIpc) is 2.75. The molecule has 19 heavy (non-hydrogen) atoms. The molecule has 0 aliphatic rings. The van der Waals surface area contributed by atoms with Gasteiger partial charge < -0.3 is 5.32 Å². The zero-order valence-electron chi connectivity index (χ0n) is 11.2. The topological polar surface area (TPSA) is 29.9 Å². The van der Waals surface area contributed by atoms with Gasteiger partial charge in [-0.25, -0.2) is 0 Å². The van der Waals surface area contributed by atoms with E-state index in [0.717, 1.165) is 11.1 Å². The van der Waals surface area contributed by atoms with Crippen LogP contribution in [0.1, 0.15) is 37.1 Å². The molecule has 0 aliphatic carbocycles. The first kappa shape index (κ1) is 14.4. The number of hydrogen-bond acceptors (Lipinski definition) is 2. The molecule has 0 saturated heterocycles. The molecule has 0 spiro atoms. The molecule has 1 aromatic heterocycles. The number of rotatable bonds is 4. The van der Waals surface area contributed by atoms with E-state index in [2.05, 4.69) is 24.3 Å². The molecule has 3 nitrogen and oxygen atoms in total. The van der Waals surface area contributed by atoms with E-state index in [0.29, 0.717) is 10.0 Å². The lowest BCUT2D eigenvalue weighted by atomic mass is 10.1. The summed E-state index contributed by atoms with van der Waals surface area (Å²) in [5.41, 5.74) is 2.20. The van der Waals surface area contributed by atoms with Gasteiger partial charge in [-0.2, -0.15) is 5.10 Å². The van der Waals surface area contributed by atoms with E-state index in [4.69, 9.17) is 23.2 Å². The maximum atomic E-state index is 6.22. The van der Waals surface area contributed by atoms with Crippen molar-refractivity contribution in [3.05, 3.63) is 51.8 Å². The van der Waals surface area contributed by atoms with Crippen LogP contribution in [0.5, 0.6) is 0 Å². The Morgan fingerprint density at radius 3 is 2.53 bits per heavy atom. The average molecular weight is 298 g/mol. The van der Waals surface area contributed by atoms with Gasteiger partial charge in [-0.3, -0.25) is 4.68 Å². The van der Waals surface area contributed by atoms with Gasteiger partial charge >= 0.3 is 0 Å². The number of benzene rings is 1. The Bertz CT molecular complexity index is 566. The second kappa shape index (κ2) is 5.95. The molecule has 0 aliphatic heterocycles. The summed E-state index contributed by atoms with van der Waals surface area (Å²) in [6.45, 7) is 4.19. The van der Waals surface area contributed by atoms with Crippen LogP contribution < -0.4 is 5.32 Å². The molecule has 0 radical (unpaired) electrons. The van der Waals surface area contributed by atoms with E-state index in [1.54, 1.807) is 10.7 Å². The van der Waals surface area contributed by atoms with Crippen LogP contribution in [0.25, 0.3) is 0 Å². The number of hydrogen-bond donors (Lipinski definition) is 1. The summed E-state index contributed by atoms with van der Waals surface area (Å²) in [5.74, 6) is 0. The monoisotopic (exact) mass is 297 g/mol. The normalized spacial score (nSPS) is 14.4. The van der Waals surface area contributed by atoms with Crippen molar-refractivity contribution in [3.63, 3.8) is 0 Å². The maximum absolute atomic E-state index is 6.22. The first-order chi connectivity index (χ1) is 8.97. The molecule has 1 heterocycles. The minimum Gasteiger partial charge on any atom is -0.303 e. The second-order valence-electron chi connectivity index (χ2n) is 4.72. The quantitative estimate of drug-likeness (QED) is 0.919. The van der Waals surface area contributed by atoms with Crippen molar-refractivity contribution in [2.24, 2.45) is 7.05 Å². The minimum absolute atomic E-state index is 0.139.